The molecule has 0 saturated carbocycles. The van der Waals surface area contributed by atoms with Gasteiger partial charge >= 0.3 is 0 Å². The second-order valence-corrected chi connectivity index (χ2v) is 7.80. The Labute approximate surface area is 153 Å². The molecule has 3 nitrogen and oxygen atoms in total. The van der Waals surface area contributed by atoms with E-state index in [0.717, 1.165) is 37.4 Å². The summed E-state index contributed by atoms with van der Waals surface area (Å²) in [7, 11) is 1.92. The highest BCUT2D eigenvalue weighted by molar-refractivity contribution is 8.00. The normalized spacial score (nSPS) is 16.5. The smallest absolute Gasteiger partial charge is 0.232 e. The van der Waals surface area contributed by atoms with Crippen LogP contribution in [0.15, 0.2) is 23.1 Å². The van der Waals surface area contributed by atoms with Crippen LogP contribution in [0.4, 0.5) is 0 Å². The maximum atomic E-state index is 12.4. The van der Waals surface area contributed by atoms with E-state index < -0.39 is 0 Å². The molecule has 6 heteroatoms. The fraction of sp³-hybridized carbons (Fsp3) is 0.588. The van der Waals surface area contributed by atoms with Gasteiger partial charge in [0, 0.05) is 36.1 Å². The molecule has 1 heterocycles. The molecular formula is C17H24Cl2N2OS. The lowest BCUT2D eigenvalue weighted by molar-refractivity contribution is -0.129. The topological polar surface area (TPSA) is 23.6 Å². The Morgan fingerprint density at radius 1 is 1.35 bits per heavy atom. The van der Waals surface area contributed by atoms with Gasteiger partial charge in [0.05, 0.1) is 10.8 Å². The third-order valence-electron chi connectivity index (χ3n) is 4.28. The number of carbonyl (C=O) groups is 1. The van der Waals surface area contributed by atoms with Crippen LogP contribution in [-0.2, 0) is 4.79 Å². The van der Waals surface area contributed by atoms with Crippen molar-refractivity contribution in [2.75, 3.05) is 32.4 Å². The summed E-state index contributed by atoms with van der Waals surface area (Å²) in [6.07, 6.45) is 3.31. The highest BCUT2D eigenvalue weighted by Crippen LogP contribution is 2.30. The number of hydrogen-bond donors (Lipinski definition) is 0. The zero-order chi connectivity index (χ0) is 16.8. The van der Waals surface area contributed by atoms with Gasteiger partial charge in [0.2, 0.25) is 5.91 Å². The Morgan fingerprint density at radius 3 is 2.70 bits per heavy atom. The molecule has 0 aromatic heterocycles. The van der Waals surface area contributed by atoms with Gasteiger partial charge in [-0.25, -0.2) is 0 Å². The van der Waals surface area contributed by atoms with Gasteiger partial charge in [-0.2, -0.15) is 0 Å². The summed E-state index contributed by atoms with van der Waals surface area (Å²) >= 11 is 13.6. The Hall–Kier alpha value is -0.420. The predicted octanol–water partition coefficient (Wildman–Crippen LogP) is 4.42. The first-order valence-corrected chi connectivity index (χ1v) is 9.81. The summed E-state index contributed by atoms with van der Waals surface area (Å²) in [6.45, 7) is 5.54. The quantitative estimate of drug-likeness (QED) is 0.688. The van der Waals surface area contributed by atoms with Crippen molar-refractivity contribution in [2.45, 2.75) is 37.1 Å². The van der Waals surface area contributed by atoms with Gasteiger partial charge in [0.15, 0.2) is 0 Å². The third kappa shape index (κ3) is 5.56. The van der Waals surface area contributed by atoms with Crippen molar-refractivity contribution in [1.82, 2.24) is 9.80 Å². The molecule has 128 valence electrons. The van der Waals surface area contributed by atoms with Crippen molar-refractivity contribution in [3.63, 3.8) is 0 Å². The number of thioether (sulfide) groups is 1. The Balaban J connectivity index is 1.82. The summed E-state index contributed by atoms with van der Waals surface area (Å²) in [5.41, 5.74) is 0. The molecule has 0 atom stereocenters. The summed E-state index contributed by atoms with van der Waals surface area (Å²) < 4.78 is 0. The van der Waals surface area contributed by atoms with Crippen LogP contribution in [0.3, 0.4) is 0 Å². The number of hydrogen-bond acceptors (Lipinski definition) is 3. The molecule has 23 heavy (non-hydrogen) atoms. The molecule has 1 aromatic rings. The number of benzene rings is 1. The van der Waals surface area contributed by atoms with Gasteiger partial charge in [-0.3, -0.25) is 4.79 Å². The minimum Gasteiger partial charge on any atom is -0.342 e. The maximum absolute atomic E-state index is 12.4. The largest absolute Gasteiger partial charge is 0.342 e. The van der Waals surface area contributed by atoms with Crippen molar-refractivity contribution < 1.29 is 4.79 Å². The SMILES string of the molecule is CCCN1CCC(N(C)C(=O)CSc2cc(Cl)ccc2Cl)CC1. The number of amides is 1. The van der Waals surface area contributed by atoms with Crippen LogP contribution in [0.5, 0.6) is 0 Å². The molecule has 2 rings (SSSR count). The number of likely N-dealkylation sites (tertiary alicyclic amines) is 1. The van der Waals surface area contributed by atoms with E-state index in [0.29, 0.717) is 21.8 Å². The van der Waals surface area contributed by atoms with E-state index in [1.807, 2.05) is 18.0 Å². The molecule has 1 saturated heterocycles. The first-order valence-electron chi connectivity index (χ1n) is 8.07. The van der Waals surface area contributed by atoms with Crippen LogP contribution < -0.4 is 0 Å². The lowest BCUT2D eigenvalue weighted by Gasteiger charge is -2.36. The monoisotopic (exact) mass is 374 g/mol. The summed E-state index contributed by atoms with van der Waals surface area (Å²) in [6, 6.07) is 5.69. The van der Waals surface area contributed by atoms with E-state index in [-0.39, 0.29) is 5.91 Å². The van der Waals surface area contributed by atoms with Crippen LogP contribution in [0.2, 0.25) is 10.0 Å². The standard InChI is InChI=1S/C17H24Cl2N2OS/c1-3-8-21-9-6-14(7-10-21)20(2)17(22)12-23-16-11-13(18)4-5-15(16)19/h4-5,11,14H,3,6-10,12H2,1-2H3. The number of halogens is 2. The molecule has 1 aliphatic rings. The fourth-order valence-electron chi connectivity index (χ4n) is 2.88. The van der Waals surface area contributed by atoms with Crippen molar-refractivity contribution in [3.05, 3.63) is 28.2 Å². The molecule has 1 aromatic carbocycles. The van der Waals surface area contributed by atoms with Crippen molar-refractivity contribution in [3.8, 4) is 0 Å². The van der Waals surface area contributed by atoms with Gasteiger partial charge in [0.25, 0.3) is 0 Å². The lowest BCUT2D eigenvalue weighted by atomic mass is 10.0. The van der Waals surface area contributed by atoms with E-state index in [1.54, 1.807) is 12.1 Å². The second-order valence-electron chi connectivity index (χ2n) is 5.94. The summed E-state index contributed by atoms with van der Waals surface area (Å²) in [5.74, 6) is 0.547. The van der Waals surface area contributed by atoms with Gasteiger partial charge < -0.3 is 9.80 Å². The van der Waals surface area contributed by atoms with E-state index >= 15 is 0 Å². The molecular weight excluding hydrogens is 351 g/mol. The molecule has 0 unspecified atom stereocenters. The minimum absolute atomic E-state index is 0.153. The highest BCUT2D eigenvalue weighted by Gasteiger charge is 2.25. The number of rotatable bonds is 6. The Kier molecular flexibility index (Phi) is 7.54. The van der Waals surface area contributed by atoms with E-state index in [2.05, 4.69) is 11.8 Å². The average Bonchev–Trinajstić information content (AvgIpc) is 2.55. The molecule has 0 N–H and O–H groups in total. The maximum Gasteiger partial charge on any atom is 0.232 e. The van der Waals surface area contributed by atoms with Crippen LogP contribution in [0.25, 0.3) is 0 Å². The molecule has 0 spiro atoms. The molecule has 0 aliphatic carbocycles. The molecule has 1 amide bonds. The average molecular weight is 375 g/mol. The first kappa shape index (κ1) is 18.9. The van der Waals surface area contributed by atoms with Gasteiger partial charge in [0.1, 0.15) is 0 Å². The Bertz CT molecular complexity index is 533. The van der Waals surface area contributed by atoms with Crippen LogP contribution in [-0.4, -0.2) is 54.2 Å². The molecule has 1 aliphatic heterocycles. The van der Waals surface area contributed by atoms with Crippen molar-refractivity contribution >= 4 is 40.9 Å². The van der Waals surface area contributed by atoms with E-state index in [9.17, 15) is 4.79 Å². The number of carbonyl (C=O) groups excluding carboxylic acids is 1. The number of nitrogens with zero attached hydrogens (tertiary/aromatic N) is 2. The first-order chi connectivity index (χ1) is 11.0. The zero-order valence-corrected chi connectivity index (χ0v) is 16.1. The highest BCUT2D eigenvalue weighted by atomic mass is 35.5. The van der Waals surface area contributed by atoms with Crippen LogP contribution in [0.1, 0.15) is 26.2 Å². The summed E-state index contributed by atoms with van der Waals surface area (Å²) in [4.78, 5) is 17.7. The molecule has 0 radical (unpaired) electrons. The van der Waals surface area contributed by atoms with Crippen molar-refractivity contribution in [2.24, 2.45) is 0 Å². The van der Waals surface area contributed by atoms with Gasteiger partial charge in [-0.05, 0) is 44.0 Å². The predicted molar refractivity (Wildman–Crippen MR) is 99.7 cm³/mol. The van der Waals surface area contributed by atoms with Crippen LogP contribution >= 0.6 is 35.0 Å². The molecule has 0 bridgehead atoms. The van der Waals surface area contributed by atoms with Crippen LogP contribution in [0, 0.1) is 0 Å². The third-order valence-corrected chi connectivity index (χ3v) is 6.00. The second kappa shape index (κ2) is 9.16. The van der Waals surface area contributed by atoms with Gasteiger partial charge in [-0.15, -0.1) is 11.8 Å². The molecule has 1 fully saturated rings. The zero-order valence-electron chi connectivity index (χ0n) is 13.7. The van der Waals surface area contributed by atoms with Crippen molar-refractivity contribution in [1.29, 1.82) is 0 Å². The number of piperidine rings is 1. The lowest BCUT2D eigenvalue weighted by Crippen LogP contribution is -2.46. The fourth-order valence-corrected chi connectivity index (χ4v) is 4.30. The van der Waals surface area contributed by atoms with E-state index in [1.165, 1.54) is 18.2 Å². The minimum atomic E-state index is 0.153. The Morgan fingerprint density at radius 2 is 2.04 bits per heavy atom. The summed E-state index contributed by atoms with van der Waals surface area (Å²) in [5, 5.41) is 1.28. The van der Waals surface area contributed by atoms with Gasteiger partial charge in [-0.1, -0.05) is 30.1 Å². The van der Waals surface area contributed by atoms with E-state index in [4.69, 9.17) is 23.2 Å².